The smallest absolute Gasteiger partial charge is 0.130 e. The van der Waals surface area contributed by atoms with Crippen molar-refractivity contribution in [2.75, 3.05) is 6.54 Å². The molecule has 0 saturated heterocycles. The summed E-state index contributed by atoms with van der Waals surface area (Å²) in [5.41, 5.74) is 4.39. The van der Waals surface area contributed by atoms with Gasteiger partial charge in [0.05, 0.1) is 5.52 Å². The molecule has 1 aliphatic heterocycles. The second-order valence-electron chi connectivity index (χ2n) is 8.71. The summed E-state index contributed by atoms with van der Waals surface area (Å²) < 4.78 is 6.36. The Bertz CT molecular complexity index is 1020. The molecule has 3 nitrogen and oxygen atoms in total. The molecule has 0 fully saturated rings. The molecule has 4 heteroatoms. The minimum atomic E-state index is -0.222. The van der Waals surface area contributed by atoms with Crippen LogP contribution in [0.4, 0.5) is 0 Å². The summed E-state index contributed by atoms with van der Waals surface area (Å²) >= 11 is 6.22. The van der Waals surface area contributed by atoms with E-state index >= 15 is 0 Å². The van der Waals surface area contributed by atoms with Gasteiger partial charge < -0.3 is 10.1 Å². The highest BCUT2D eigenvalue weighted by molar-refractivity contribution is 6.29. The van der Waals surface area contributed by atoms with Crippen molar-refractivity contribution in [3.63, 3.8) is 0 Å². The Labute approximate surface area is 178 Å². The van der Waals surface area contributed by atoms with Crippen molar-refractivity contribution in [2.24, 2.45) is 0 Å². The topological polar surface area (TPSA) is 34.1 Å². The Balaban J connectivity index is 1.67. The van der Waals surface area contributed by atoms with E-state index in [0.29, 0.717) is 11.1 Å². The molecule has 152 valence electrons. The lowest BCUT2D eigenvalue weighted by Crippen LogP contribution is -2.40. The number of ether oxygens (including phenoxy) is 1. The Kier molecular flexibility index (Phi) is 5.54. The Morgan fingerprint density at radius 3 is 2.69 bits per heavy atom. The van der Waals surface area contributed by atoms with Crippen LogP contribution in [-0.4, -0.2) is 17.1 Å². The van der Waals surface area contributed by atoms with E-state index in [1.807, 2.05) is 6.07 Å². The molecule has 0 aliphatic carbocycles. The van der Waals surface area contributed by atoms with E-state index < -0.39 is 0 Å². The molecule has 0 bridgehead atoms. The van der Waals surface area contributed by atoms with Gasteiger partial charge in [-0.3, -0.25) is 0 Å². The minimum Gasteiger partial charge on any atom is -0.487 e. The normalized spacial score (nSPS) is 18.9. The van der Waals surface area contributed by atoms with E-state index in [1.165, 1.54) is 11.1 Å². The number of aromatic nitrogens is 1. The van der Waals surface area contributed by atoms with Crippen molar-refractivity contribution in [1.82, 2.24) is 10.3 Å². The molecule has 0 saturated carbocycles. The quantitative estimate of drug-likeness (QED) is 0.484. The van der Waals surface area contributed by atoms with Crippen LogP contribution >= 0.6 is 11.6 Å². The van der Waals surface area contributed by atoms with Crippen LogP contribution < -0.4 is 10.1 Å². The lowest BCUT2D eigenvalue weighted by molar-refractivity contribution is 0.0660. The molecular weight excluding hydrogens is 380 g/mol. The highest BCUT2D eigenvalue weighted by Gasteiger charge is 2.34. The van der Waals surface area contributed by atoms with Crippen LogP contribution in [-0.2, 0) is 0 Å². The summed E-state index contributed by atoms with van der Waals surface area (Å²) in [7, 11) is 0. The van der Waals surface area contributed by atoms with Crippen molar-refractivity contribution in [1.29, 1.82) is 0 Å². The molecule has 2 aromatic carbocycles. The largest absolute Gasteiger partial charge is 0.487 e. The first-order valence-corrected chi connectivity index (χ1v) is 10.8. The third kappa shape index (κ3) is 4.26. The molecule has 0 amide bonds. The zero-order valence-corrected chi connectivity index (χ0v) is 18.4. The number of aryl methyl sites for hydroxylation is 1. The van der Waals surface area contributed by atoms with Crippen LogP contribution in [0.2, 0.25) is 5.15 Å². The zero-order chi connectivity index (χ0) is 20.6. The summed E-state index contributed by atoms with van der Waals surface area (Å²) in [6, 6.07) is 17.2. The van der Waals surface area contributed by atoms with Gasteiger partial charge in [0.15, 0.2) is 0 Å². The van der Waals surface area contributed by atoms with Crippen LogP contribution in [0.15, 0.2) is 48.5 Å². The van der Waals surface area contributed by atoms with Crippen molar-refractivity contribution >= 4 is 22.5 Å². The first kappa shape index (κ1) is 20.2. The monoisotopic (exact) mass is 408 g/mol. The first-order chi connectivity index (χ1) is 13.9. The SMILES string of the molecule is CCC(CNC1CC(C)(C)Oc2cc3c(C)cc(Cl)nc3cc21)c1ccccc1. The predicted molar refractivity (Wildman–Crippen MR) is 121 cm³/mol. The maximum Gasteiger partial charge on any atom is 0.130 e. The van der Waals surface area contributed by atoms with E-state index in [0.717, 1.165) is 41.6 Å². The number of halogens is 1. The number of nitrogens with zero attached hydrogens (tertiary/aromatic N) is 1. The standard InChI is InChI=1S/C25H29ClN2O/c1-5-17(18-9-7-6-8-10-18)15-27-22-14-25(3,4)29-23-13-19-16(2)11-24(26)28-21(19)12-20(22)23/h6-13,17,22,27H,5,14-15H2,1-4H3. The van der Waals surface area contributed by atoms with E-state index in [-0.39, 0.29) is 11.6 Å². The number of hydrogen-bond donors (Lipinski definition) is 1. The molecule has 2 atom stereocenters. The van der Waals surface area contributed by atoms with Gasteiger partial charge in [0.1, 0.15) is 16.5 Å². The molecule has 29 heavy (non-hydrogen) atoms. The number of pyridine rings is 1. The van der Waals surface area contributed by atoms with Gasteiger partial charge in [-0.05, 0) is 62.4 Å². The van der Waals surface area contributed by atoms with Crippen molar-refractivity contribution in [3.8, 4) is 5.75 Å². The molecule has 2 heterocycles. The second-order valence-corrected chi connectivity index (χ2v) is 9.10. The first-order valence-electron chi connectivity index (χ1n) is 10.4. The fourth-order valence-electron chi connectivity index (χ4n) is 4.39. The molecule has 2 unspecified atom stereocenters. The van der Waals surface area contributed by atoms with Crippen molar-refractivity contribution in [3.05, 3.63) is 70.4 Å². The molecule has 1 N–H and O–H groups in total. The van der Waals surface area contributed by atoms with Crippen LogP contribution in [0.5, 0.6) is 5.75 Å². The van der Waals surface area contributed by atoms with Crippen LogP contribution in [0.3, 0.4) is 0 Å². The average Bonchev–Trinajstić information content (AvgIpc) is 2.67. The van der Waals surface area contributed by atoms with Crippen LogP contribution in [0.25, 0.3) is 10.9 Å². The second kappa shape index (κ2) is 7.97. The molecule has 0 radical (unpaired) electrons. The highest BCUT2D eigenvalue weighted by atomic mass is 35.5. The molecule has 0 spiro atoms. The fraction of sp³-hybridized carbons (Fsp3) is 0.400. The van der Waals surface area contributed by atoms with Crippen LogP contribution in [0.1, 0.15) is 62.3 Å². The summed E-state index contributed by atoms with van der Waals surface area (Å²) in [5.74, 6) is 1.44. The van der Waals surface area contributed by atoms with E-state index in [1.54, 1.807) is 0 Å². The molecule has 3 aromatic rings. The number of benzene rings is 2. The van der Waals surface area contributed by atoms with Gasteiger partial charge >= 0.3 is 0 Å². The van der Waals surface area contributed by atoms with Gasteiger partial charge in [0, 0.05) is 30.0 Å². The molecule has 4 rings (SSSR count). The summed E-state index contributed by atoms with van der Waals surface area (Å²) in [4.78, 5) is 4.56. The molecule has 1 aliphatic rings. The Morgan fingerprint density at radius 1 is 1.21 bits per heavy atom. The summed E-state index contributed by atoms with van der Waals surface area (Å²) in [6.45, 7) is 9.58. The number of nitrogens with one attached hydrogen (secondary N) is 1. The maximum atomic E-state index is 6.36. The average molecular weight is 409 g/mol. The highest BCUT2D eigenvalue weighted by Crippen LogP contribution is 2.42. The van der Waals surface area contributed by atoms with E-state index in [4.69, 9.17) is 16.3 Å². The van der Waals surface area contributed by atoms with E-state index in [9.17, 15) is 0 Å². The molecule has 1 aromatic heterocycles. The van der Waals surface area contributed by atoms with Crippen molar-refractivity contribution < 1.29 is 4.74 Å². The van der Waals surface area contributed by atoms with Crippen LogP contribution in [0, 0.1) is 6.92 Å². The van der Waals surface area contributed by atoms with Gasteiger partial charge in [-0.15, -0.1) is 0 Å². The number of fused-ring (bicyclic) bond motifs is 2. The number of hydrogen-bond acceptors (Lipinski definition) is 3. The minimum absolute atomic E-state index is 0.219. The Morgan fingerprint density at radius 2 is 1.97 bits per heavy atom. The maximum absolute atomic E-state index is 6.36. The van der Waals surface area contributed by atoms with Gasteiger partial charge in [-0.2, -0.15) is 0 Å². The third-order valence-electron chi connectivity index (χ3n) is 5.95. The van der Waals surface area contributed by atoms with Crippen molar-refractivity contribution in [2.45, 2.75) is 58.1 Å². The lowest BCUT2D eigenvalue weighted by atomic mass is 9.87. The van der Waals surface area contributed by atoms with E-state index in [2.05, 4.69) is 80.5 Å². The van der Waals surface area contributed by atoms with Gasteiger partial charge in [0.25, 0.3) is 0 Å². The predicted octanol–water partition coefficient (Wildman–Crippen LogP) is 6.58. The summed E-state index contributed by atoms with van der Waals surface area (Å²) in [5, 5.41) is 5.47. The fourth-order valence-corrected chi connectivity index (χ4v) is 4.64. The number of rotatable bonds is 5. The zero-order valence-electron chi connectivity index (χ0n) is 17.6. The summed E-state index contributed by atoms with van der Waals surface area (Å²) in [6.07, 6.45) is 2.01. The van der Waals surface area contributed by atoms with Gasteiger partial charge in [-0.1, -0.05) is 48.9 Å². The van der Waals surface area contributed by atoms with Gasteiger partial charge in [-0.25, -0.2) is 4.98 Å². The lowest BCUT2D eigenvalue weighted by Gasteiger charge is -2.38. The molecular formula is C25H29ClN2O. The van der Waals surface area contributed by atoms with Gasteiger partial charge in [0.2, 0.25) is 0 Å². The Hall–Kier alpha value is -2.10. The third-order valence-corrected chi connectivity index (χ3v) is 6.14.